The topological polar surface area (TPSA) is 89.7 Å². The van der Waals surface area contributed by atoms with Gasteiger partial charge in [0.1, 0.15) is 0 Å². The summed E-state index contributed by atoms with van der Waals surface area (Å²) in [7, 11) is 1.42. The molecule has 0 amide bonds. The molecule has 0 aromatic rings. The van der Waals surface area contributed by atoms with Crippen molar-refractivity contribution in [2.75, 3.05) is 7.05 Å². The molecule has 0 aliphatic rings. The molecule has 15 heavy (non-hydrogen) atoms. The van der Waals surface area contributed by atoms with Gasteiger partial charge >= 0.3 is 32.4 Å². The molecule has 0 aromatic carbocycles. The monoisotopic (exact) mass is 251 g/mol. The smallest absolute Gasteiger partial charge is 0.281 e. The normalized spacial score (nSPS) is 3.33. The molecule has 0 rings (SSSR count). The molecular formula is C8H6MnNO5. The van der Waals surface area contributed by atoms with Gasteiger partial charge in [0.15, 0.2) is 0 Å². The Labute approximate surface area is 97.7 Å². The van der Waals surface area contributed by atoms with Gasteiger partial charge in [-0.25, -0.2) is 6.57 Å². The van der Waals surface area contributed by atoms with Crippen LogP contribution < -0.4 is 0 Å². The molecular weight excluding hydrogens is 245 g/mol. The van der Waals surface area contributed by atoms with Crippen molar-refractivity contribution in [2.45, 2.75) is 6.92 Å². The molecule has 0 bridgehead atoms. The number of nitrogens with zero attached hydrogens (tertiary/aromatic N) is 1. The van der Waals surface area contributed by atoms with Crippen molar-refractivity contribution in [1.29, 1.82) is 0 Å². The SMILES string of the molecule is C[C](=O)[Mn].[C-]#[N+]C.[C]=O.[C]=O.[C]=O.[C]=O. The van der Waals surface area contributed by atoms with E-state index in [1.807, 2.05) is 0 Å². The van der Waals surface area contributed by atoms with Crippen molar-refractivity contribution in [1.82, 2.24) is 0 Å². The first-order chi connectivity index (χ1) is 7.15. The molecule has 0 unspecified atom stereocenters. The molecule has 80 valence electrons. The van der Waals surface area contributed by atoms with Crippen LogP contribution in [-0.2, 0) is 40.0 Å². The number of carbonyl (C=O) groups is 1. The summed E-state index contributed by atoms with van der Waals surface area (Å²) in [5.74, 6) is 0. The minimum Gasteiger partial charge on any atom is -0.320 e. The van der Waals surface area contributed by atoms with Gasteiger partial charge in [0, 0.05) is 0 Å². The van der Waals surface area contributed by atoms with E-state index in [1.54, 1.807) is 0 Å². The van der Waals surface area contributed by atoms with Crippen molar-refractivity contribution in [3.8, 4) is 0 Å². The molecule has 0 saturated heterocycles. The third-order valence-electron chi connectivity index (χ3n) is 0. The van der Waals surface area contributed by atoms with Gasteiger partial charge in [-0.2, -0.15) is 0 Å². The average Bonchev–Trinajstić information content (AvgIpc) is 2.29. The summed E-state index contributed by atoms with van der Waals surface area (Å²) in [5.41, 5.74) is 0. The van der Waals surface area contributed by atoms with Gasteiger partial charge in [-0.15, -0.1) is 0 Å². The molecule has 6 nitrogen and oxygen atoms in total. The van der Waals surface area contributed by atoms with Gasteiger partial charge in [0.2, 0.25) is 7.05 Å². The van der Waals surface area contributed by atoms with E-state index in [0.717, 1.165) is 0 Å². The van der Waals surface area contributed by atoms with Crippen molar-refractivity contribution in [3.63, 3.8) is 0 Å². The van der Waals surface area contributed by atoms with Crippen molar-refractivity contribution in [2.24, 2.45) is 0 Å². The Kier molecular flexibility index (Phi) is 720. The third-order valence-corrected chi connectivity index (χ3v) is 0. The standard InChI is InChI=1S/C2H3N.C2H3O.4CO.Mn/c1-3-2;1-2-3;4*1-2;/h2*1H3;;;;;. The van der Waals surface area contributed by atoms with E-state index in [0.29, 0.717) is 0 Å². The molecule has 0 heterocycles. The summed E-state index contributed by atoms with van der Waals surface area (Å²) in [5, 5.41) is 0. The zero-order valence-electron chi connectivity index (χ0n) is 7.87. The van der Waals surface area contributed by atoms with Crippen LogP contribution in [0.1, 0.15) is 6.92 Å². The van der Waals surface area contributed by atoms with Crippen molar-refractivity contribution in [3.05, 3.63) is 11.4 Å². The quantitative estimate of drug-likeness (QED) is 0.408. The Bertz CT molecular complexity index is 125. The fourth-order valence-corrected chi connectivity index (χ4v) is 0. The average molecular weight is 251 g/mol. The summed E-state index contributed by atoms with van der Waals surface area (Å²) in [6.45, 7) is 25.3. The maximum absolute atomic E-state index is 9.36. The summed E-state index contributed by atoms with van der Waals surface area (Å²) in [6.07, 6.45) is 0. The van der Waals surface area contributed by atoms with E-state index in [4.69, 9.17) is 25.8 Å². The molecule has 8 radical (unpaired) electrons. The second-order valence-corrected chi connectivity index (χ2v) is 1.53. The zero-order valence-corrected chi connectivity index (χ0v) is 9.05. The van der Waals surface area contributed by atoms with Crippen molar-refractivity contribution >= 4 is 31.8 Å². The predicted molar refractivity (Wildman–Crippen MR) is 46.0 cm³/mol. The Morgan fingerprint density at radius 1 is 1.00 bits per heavy atom. The molecule has 0 fully saturated rings. The first kappa shape index (κ1) is 37.7. The summed E-state index contributed by atoms with van der Waals surface area (Å²) < 4.78 is -0.0208. The van der Waals surface area contributed by atoms with E-state index in [1.165, 1.54) is 14.0 Å². The summed E-state index contributed by atoms with van der Waals surface area (Å²) >= 11 is 2.63. The third kappa shape index (κ3) is 493. The number of hydrogen-bond donors (Lipinski definition) is 0. The van der Waals surface area contributed by atoms with Crippen LogP contribution in [0.5, 0.6) is 0 Å². The Morgan fingerprint density at radius 2 is 1.00 bits per heavy atom. The molecule has 0 aliphatic carbocycles. The van der Waals surface area contributed by atoms with E-state index in [9.17, 15) is 4.79 Å². The second kappa shape index (κ2) is 286. The molecule has 0 aliphatic heterocycles. The maximum atomic E-state index is 9.36. The molecule has 0 N–H and O–H groups in total. The molecule has 0 spiro atoms. The van der Waals surface area contributed by atoms with E-state index in [2.05, 4.69) is 48.0 Å². The Morgan fingerprint density at radius 3 is 1.00 bits per heavy atom. The van der Waals surface area contributed by atoms with Gasteiger partial charge in [-0.05, 0) is 0 Å². The molecule has 0 aromatic heterocycles. The van der Waals surface area contributed by atoms with Crippen LogP contribution >= 0.6 is 0 Å². The maximum Gasteiger partial charge on any atom is 0.281 e. The van der Waals surface area contributed by atoms with Gasteiger partial charge in [0.25, 0.3) is 27.2 Å². The minimum atomic E-state index is -0.0208. The first-order valence-corrected chi connectivity index (χ1v) is 2.97. The van der Waals surface area contributed by atoms with E-state index >= 15 is 0 Å². The fourth-order valence-electron chi connectivity index (χ4n) is 0. The van der Waals surface area contributed by atoms with Crippen LogP contribution in [0, 0.1) is 6.57 Å². The van der Waals surface area contributed by atoms with Gasteiger partial charge in [-0.3, -0.25) is 19.2 Å². The molecule has 7 heteroatoms. The van der Waals surface area contributed by atoms with E-state index < -0.39 is 0 Å². The Balaban J connectivity index is -0.0000000168. The Hall–Kier alpha value is -1.64. The summed E-state index contributed by atoms with van der Waals surface area (Å²) in [6, 6.07) is 0. The van der Waals surface area contributed by atoms with Crippen LogP contribution in [0.3, 0.4) is 0 Å². The largest absolute Gasteiger partial charge is 0.320 e. The van der Waals surface area contributed by atoms with Crippen LogP contribution in [0.2, 0.25) is 0 Å². The van der Waals surface area contributed by atoms with Gasteiger partial charge in [0.05, 0.1) is 0 Å². The number of carbonyl (C=O) groups excluding carboxylic acids is 5. The van der Waals surface area contributed by atoms with Crippen molar-refractivity contribution < 1.29 is 40.0 Å². The fraction of sp³-hybridized carbons (Fsp3) is 0.250. The number of rotatable bonds is 0. The summed E-state index contributed by atoms with van der Waals surface area (Å²) in [4.78, 5) is 42.1. The van der Waals surface area contributed by atoms with Crippen LogP contribution in [-0.4, -0.2) is 38.9 Å². The predicted octanol–water partition coefficient (Wildman–Crippen LogP) is -0.973. The molecule has 0 atom stereocenters. The number of hydrogen-bond acceptors (Lipinski definition) is 5. The second-order valence-electron chi connectivity index (χ2n) is 0.694. The van der Waals surface area contributed by atoms with E-state index in [-0.39, 0.29) is 4.68 Å². The minimum absolute atomic E-state index is 0.0208. The van der Waals surface area contributed by atoms with Gasteiger partial charge < -0.3 is 4.85 Å². The van der Waals surface area contributed by atoms with Crippen LogP contribution in [0.4, 0.5) is 0 Å². The van der Waals surface area contributed by atoms with Crippen LogP contribution in [0.15, 0.2) is 0 Å². The van der Waals surface area contributed by atoms with Crippen LogP contribution in [0.25, 0.3) is 4.85 Å². The first-order valence-electron chi connectivity index (χ1n) is 2.38. The molecule has 0 saturated carbocycles. The van der Waals surface area contributed by atoms with Gasteiger partial charge in [-0.1, -0.05) is 0 Å². The zero-order chi connectivity index (χ0) is 14.3.